The molecular formula is C15H22N2O4. The molecule has 6 heteroatoms. The molecule has 0 spiro atoms. The molecule has 0 saturated carbocycles. The Kier molecular flexibility index (Phi) is 5.36. The maximum absolute atomic E-state index is 12.5. The number of likely N-dealkylation sites (tertiary alicyclic amines) is 1. The van der Waals surface area contributed by atoms with Gasteiger partial charge in [-0.05, 0) is 32.1 Å². The van der Waals surface area contributed by atoms with Gasteiger partial charge >= 0.3 is 5.97 Å². The van der Waals surface area contributed by atoms with Gasteiger partial charge in [-0.3, -0.25) is 14.4 Å². The molecule has 0 unspecified atom stereocenters. The molecule has 0 bridgehead atoms. The van der Waals surface area contributed by atoms with Gasteiger partial charge in [0.2, 0.25) is 11.8 Å². The Bertz CT molecular complexity index is 447. The van der Waals surface area contributed by atoms with Crippen molar-refractivity contribution in [1.29, 1.82) is 0 Å². The van der Waals surface area contributed by atoms with Crippen molar-refractivity contribution >= 4 is 17.8 Å². The minimum Gasteiger partial charge on any atom is -0.468 e. The lowest BCUT2D eigenvalue weighted by Crippen LogP contribution is -2.48. The summed E-state index contributed by atoms with van der Waals surface area (Å²) in [7, 11) is 1.27. The third kappa shape index (κ3) is 3.83. The Morgan fingerprint density at radius 2 is 2.10 bits per heavy atom. The SMILES string of the molecule is COC(=O)CNC(=O)[C@@H]1CCCN1C(=O)[C@H]1CC=CCC1. The molecule has 0 aromatic carbocycles. The van der Waals surface area contributed by atoms with Crippen molar-refractivity contribution < 1.29 is 19.1 Å². The molecule has 1 fully saturated rings. The van der Waals surface area contributed by atoms with Crippen molar-refractivity contribution in [2.75, 3.05) is 20.2 Å². The molecule has 1 aliphatic heterocycles. The molecule has 21 heavy (non-hydrogen) atoms. The predicted octanol–water partition coefficient (Wildman–Crippen LogP) is 0.623. The first-order valence-electron chi connectivity index (χ1n) is 7.43. The topological polar surface area (TPSA) is 75.7 Å². The number of methoxy groups -OCH3 is 1. The third-order valence-corrected chi connectivity index (χ3v) is 4.09. The van der Waals surface area contributed by atoms with Gasteiger partial charge < -0.3 is 15.0 Å². The number of rotatable bonds is 4. The summed E-state index contributed by atoms with van der Waals surface area (Å²) in [5.41, 5.74) is 0. The third-order valence-electron chi connectivity index (χ3n) is 4.09. The van der Waals surface area contributed by atoms with E-state index in [2.05, 4.69) is 16.1 Å². The lowest BCUT2D eigenvalue weighted by Gasteiger charge is -2.28. The van der Waals surface area contributed by atoms with Crippen molar-refractivity contribution in [2.45, 2.75) is 38.1 Å². The van der Waals surface area contributed by atoms with Crippen LogP contribution in [0.1, 0.15) is 32.1 Å². The summed E-state index contributed by atoms with van der Waals surface area (Å²) >= 11 is 0. The standard InChI is InChI=1S/C15H22N2O4/c1-21-13(18)10-16-14(19)12-8-5-9-17(12)15(20)11-6-3-2-4-7-11/h2-3,11-12H,4-10H2,1H3,(H,16,19)/t11-,12-/m0/s1. The van der Waals surface area contributed by atoms with Crippen LogP contribution in [0.15, 0.2) is 12.2 Å². The normalized spacial score (nSPS) is 24.7. The molecule has 0 aromatic rings. The molecule has 1 heterocycles. The number of allylic oxidation sites excluding steroid dienone is 2. The molecular weight excluding hydrogens is 272 g/mol. The van der Waals surface area contributed by atoms with Crippen molar-refractivity contribution in [3.8, 4) is 0 Å². The van der Waals surface area contributed by atoms with Crippen LogP contribution in [0.25, 0.3) is 0 Å². The van der Waals surface area contributed by atoms with Gasteiger partial charge in [-0.1, -0.05) is 12.2 Å². The highest BCUT2D eigenvalue weighted by atomic mass is 16.5. The number of ether oxygens (including phenoxy) is 1. The summed E-state index contributed by atoms with van der Waals surface area (Å²) in [5, 5.41) is 2.54. The number of hydrogen-bond acceptors (Lipinski definition) is 4. The molecule has 0 aromatic heterocycles. The van der Waals surface area contributed by atoms with Crippen LogP contribution in [-0.4, -0.2) is 48.9 Å². The maximum atomic E-state index is 12.5. The maximum Gasteiger partial charge on any atom is 0.325 e. The minimum atomic E-state index is -0.489. The number of amides is 2. The Balaban J connectivity index is 1.92. The number of nitrogens with zero attached hydrogens (tertiary/aromatic N) is 1. The first-order chi connectivity index (χ1) is 10.1. The fourth-order valence-electron chi connectivity index (χ4n) is 2.90. The summed E-state index contributed by atoms with van der Waals surface area (Å²) in [4.78, 5) is 37.4. The Hall–Kier alpha value is -1.85. The van der Waals surface area contributed by atoms with Crippen LogP contribution in [0.4, 0.5) is 0 Å². The number of hydrogen-bond donors (Lipinski definition) is 1. The molecule has 1 N–H and O–H groups in total. The van der Waals surface area contributed by atoms with Gasteiger partial charge in [-0.2, -0.15) is 0 Å². The highest BCUT2D eigenvalue weighted by Crippen LogP contribution is 2.25. The zero-order valence-electron chi connectivity index (χ0n) is 12.3. The van der Waals surface area contributed by atoms with E-state index in [9.17, 15) is 14.4 Å². The van der Waals surface area contributed by atoms with Crippen LogP contribution in [0.5, 0.6) is 0 Å². The summed E-state index contributed by atoms with van der Waals surface area (Å²) < 4.78 is 4.49. The van der Waals surface area contributed by atoms with E-state index in [0.717, 1.165) is 25.7 Å². The van der Waals surface area contributed by atoms with E-state index in [0.29, 0.717) is 13.0 Å². The molecule has 2 amide bonds. The van der Waals surface area contributed by atoms with Crippen molar-refractivity contribution in [1.82, 2.24) is 10.2 Å². The average molecular weight is 294 g/mol. The van der Waals surface area contributed by atoms with Crippen LogP contribution >= 0.6 is 0 Å². The average Bonchev–Trinajstić information content (AvgIpc) is 3.01. The molecule has 116 valence electrons. The molecule has 1 aliphatic carbocycles. The van der Waals surface area contributed by atoms with Gasteiger partial charge in [0.15, 0.2) is 0 Å². The van der Waals surface area contributed by atoms with E-state index in [4.69, 9.17) is 0 Å². The number of carbonyl (C=O) groups excluding carboxylic acids is 3. The van der Waals surface area contributed by atoms with Crippen molar-refractivity contribution in [2.24, 2.45) is 5.92 Å². The van der Waals surface area contributed by atoms with Gasteiger partial charge in [-0.15, -0.1) is 0 Å². The quantitative estimate of drug-likeness (QED) is 0.609. The zero-order valence-corrected chi connectivity index (χ0v) is 12.3. The predicted molar refractivity (Wildman–Crippen MR) is 76.2 cm³/mol. The van der Waals surface area contributed by atoms with E-state index in [1.807, 2.05) is 6.08 Å². The van der Waals surface area contributed by atoms with Crippen molar-refractivity contribution in [3.63, 3.8) is 0 Å². The Labute approximate surface area is 124 Å². The second kappa shape index (κ2) is 7.24. The molecule has 2 atom stereocenters. The summed E-state index contributed by atoms with van der Waals surface area (Å²) in [6.45, 7) is 0.468. The number of esters is 1. The van der Waals surface area contributed by atoms with Gasteiger partial charge in [0.25, 0.3) is 0 Å². The van der Waals surface area contributed by atoms with Gasteiger partial charge in [0, 0.05) is 12.5 Å². The first-order valence-corrected chi connectivity index (χ1v) is 7.43. The van der Waals surface area contributed by atoms with E-state index >= 15 is 0 Å². The molecule has 0 radical (unpaired) electrons. The molecule has 2 rings (SSSR count). The second-order valence-electron chi connectivity index (χ2n) is 5.46. The lowest BCUT2D eigenvalue weighted by atomic mass is 9.93. The van der Waals surface area contributed by atoms with E-state index in [1.165, 1.54) is 7.11 Å². The van der Waals surface area contributed by atoms with Gasteiger partial charge in [0.05, 0.1) is 7.11 Å². The highest BCUT2D eigenvalue weighted by Gasteiger charge is 2.36. The Morgan fingerprint density at radius 3 is 2.76 bits per heavy atom. The smallest absolute Gasteiger partial charge is 0.325 e. The summed E-state index contributed by atoms with van der Waals surface area (Å²) in [5.74, 6) is -0.701. The number of nitrogens with one attached hydrogen (secondary N) is 1. The van der Waals surface area contributed by atoms with Crippen LogP contribution in [0.2, 0.25) is 0 Å². The van der Waals surface area contributed by atoms with E-state index in [1.54, 1.807) is 4.90 Å². The van der Waals surface area contributed by atoms with Crippen LogP contribution in [-0.2, 0) is 19.1 Å². The van der Waals surface area contributed by atoms with Gasteiger partial charge in [0.1, 0.15) is 12.6 Å². The molecule has 6 nitrogen and oxygen atoms in total. The summed E-state index contributed by atoms with van der Waals surface area (Å²) in [6.07, 6.45) is 8.13. The lowest BCUT2D eigenvalue weighted by molar-refractivity contribution is -0.144. The van der Waals surface area contributed by atoms with E-state index in [-0.39, 0.29) is 24.3 Å². The fraction of sp³-hybridized carbons (Fsp3) is 0.667. The molecule has 1 saturated heterocycles. The largest absolute Gasteiger partial charge is 0.468 e. The first kappa shape index (κ1) is 15.5. The zero-order chi connectivity index (χ0) is 15.2. The minimum absolute atomic E-state index is 0.0102. The van der Waals surface area contributed by atoms with E-state index < -0.39 is 12.0 Å². The second-order valence-corrected chi connectivity index (χ2v) is 5.46. The Morgan fingerprint density at radius 1 is 1.29 bits per heavy atom. The monoisotopic (exact) mass is 294 g/mol. The highest BCUT2D eigenvalue weighted by molar-refractivity contribution is 5.90. The van der Waals surface area contributed by atoms with Crippen molar-refractivity contribution in [3.05, 3.63) is 12.2 Å². The van der Waals surface area contributed by atoms with Crippen LogP contribution in [0, 0.1) is 5.92 Å². The molecule has 2 aliphatic rings. The summed E-state index contributed by atoms with van der Waals surface area (Å²) in [6, 6.07) is -0.451. The van der Waals surface area contributed by atoms with Crippen LogP contribution in [0.3, 0.4) is 0 Å². The number of carbonyl (C=O) groups is 3. The fourth-order valence-corrected chi connectivity index (χ4v) is 2.90. The van der Waals surface area contributed by atoms with Crippen LogP contribution < -0.4 is 5.32 Å². The van der Waals surface area contributed by atoms with Gasteiger partial charge in [-0.25, -0.2) is 0 Å².